The van der Waals surface area contributed by atoms with Gasteiger partial charge in [-0.1, -0.05) is 45.0 Å². The fourth-order valence-corrected chi connectivity index (χ4v) is 5.60. The molecule has 2 atom stereocenters. The van der Waals surface area contributed by atoms with Gasteiger partial charge in [0, 0.05) is 16.7 Å². The number of hydrogen-bond acceptors (Lipinski definition) is 4. The Balaban J connectivity index is 1.66. The lowest BCUT2D eigenvalue weighted by Crippen LogP contribution is -2.48. The average Bonchev–Trinajstić information content (AvgIpc) is 3.02. The Kier molecular flexibility index (Phi) is 3.77. The molecule has 1 N–H and O–H groups in total. The maximum absolute atomic E-state index is 13.9. The van der Waals surface area contributed by atoms with Gasteiger partial charge in [0.1, 0.15) is 0 Å². The molecular formula is C25H25N3O2. The van der Waals surface area contributed by atoms with Crippen molar-refractivity contribution in [2.45, 2.75) is 51.4 Å². The fourth-order valence-electron chi connectivity index (χ4n) is 5.60. The number of para-hydroxylation sites is 2. The van der Waals surface area contributed by atoms with Gasteiger partial charge < -0.3 is 5.32 Å². The molecular weight excluding hydrogens is 374 g/mol. The molecule has 0 saturated heterocycles. The Hall–Kier alpha value is -3.08. The van der Waals surface area contributed by atoms with Gasteiger partial charge in [0.05, 0.1) is 27.8 Å². The lowest BCUT2D eigenvalue weighted by molar-refractivity contribution is -0.125. The highest BCUT2D eigenvalue weighted by atomic mass is 16.2. The third kappa shape index (κ3) is 2.18. The van der Waals surface area contributed by atoms with E-state index < -0.39 is 5.41 Å². The summed E-state index contributed by atoms with van der Waals surface area (Å²) < 4.78 is 0. The molecule has 0 aliphatic heterocycles. The highest BCUT2D eigenvalue weighted by molar-refractivity contribution is 6.03. The second kappa shape index (κ2) is 5.97. The van der Waals surface area contributed by atoms with Gasteiger partial charge in [-0.15, -0.1) is 0 Å². The maximum atomic E-state index is 13.9. The van der Waals surface area contributed by atoms with Crippen molar-refractivity contribution in [3.63, 3.8) is 0 Å². The SMILES string of the molecule is CC(=O)c1cccc(NC(=O)[C@]23CC[C@](C)(c4nc5ccccc5nc42)C3(C)C)c1. The van der Waals surface area contributed by atoms with Crippen LogP contribution in [-0.2, 0) is 15.6 Å². The quantitative estimate of drug-likeness (QED) is 0.642. The summed E-state index contributed by atoms with van der Waals surface area (Å²) in [5.74, 6) is -0.0955. The standard InChI is InChI=1S/C25H25N3O2/c1-15(29)16-8-7-9-17(14-16)26-22(30)25-13-12-24(4,23(25,2)3)20-21(25)28-19-11-6-5-10-18(19)27-20/h5-11,14H,12-13H2,1-4H3,(H,26,30)/t24-,25+/m1/s1. The predicted octanol–water partition coefficient (Wildman–Crippen LogP) is 4.80. The van der Waals surface area contributed by atoms with Crippen LogP contribution >= 0.6 is 0 Å². The topological polar surface area (TPSA) is 72.0 Å². The van der Waals surface area contributed by atoms with Crippen LogP contribution in [0.4, 0.5) is 5.69 Å². The largest absolute Gasteiger partial charge is 0.325 e. The van der Waals surface area contributed by atoms with Crippen molar-refractivity contribution in [2.24, 2.45) is 5.41 Å². The van der Waals surface area contributed by atoms with Crippen LogP contribution < -0.4 is 5.32 Å². The molecule has 1 fully saturated rings. The number of nitrogens with zero attached hydrogens (tertiary/aromatic N) is 2. The van der Waals surface area contributed by atoms with Crippen molar-refractivity contribution in [3.05, 3.63) is 65.5 Å². The van der Waals surface area contributed by atoms with Gasteiger partial charge in [-0.25, -0.2) is 9.97 Å². The van der Waals surface area contributed by atoms with Crippen LogP contribution in [0.15, 0.2) is 48.5 Å². The molecule has 2 bridgehead atoms. The zero-order valence-electron chi connectivity index (χ0n) is 17.7. The number of nitrogens with one attached hydrogen (secondary N) is 1. The summed E-state index contributed by atoms with van der Waals surface area (Å²) in [6.45, 7) is 8.08. The van der Waals surface area contributed by atoms with E-state index in [0.717, 1.165) is 35.3 Å². The molecule has 1 saturated carbocycles. The number of hydrogen-bond donors (Lipinski definition) is 1. The number of ketones is 1. The van der Waals surface area contributed by atoms with Gasteiger partial charge in [-0.2, -0.15) is 0 Å². The average molecular weight is 399 g/mol. The Morgan fingerprint density at radius 2 is 1.57 bits per heavy atom. The van der Waals surface area contributed by atoms with Crippen molar-refractivity contribution in [2.75, 3.05) is 5.32 Å². The number of Topliss-reactive ketones (excluding diaryl/α,β-unsaturated/α-hetero) is 1. The molecule has 1 aromatic heterocycles. The zero-order valence-corrected chi connectivity index (χ0v) is 17.7. The molecule has 1 heterocycles. The Morgan fingerprint density at radius 3 is 2.23 bits per heavy atom. The van der Waals surface area contributed by atoms with Crippen molar-refractivity contribution >= 4 is 28.4 Å². The van der Waals surface area contributed by atoms with Gasteiger partial charge in [-0.3, -0.25) is 9.59 Å². The number of benzene rings is 2. The summed E-state index contributed by atoms with van der Waals surface area (Å²) >= 11 is 0. The zero-order chi connectivity index (χ0) is 21.3. The van der Waals surface area contributed by atoms with Gasteiger partial charge >= 0.3 is 0 Å². The summed E-state index contributed by atoms with van der Waals surface area (Å²) in [5, 5.41) is 3.10. The first-order valence-corrected chi connectivity index (χ1v) is 10.4. The van der Waals surface area contributed by atoms with Crippen LogP contribution in [0.3, 0.4) is 0 Å². The van der Waals surface area contributed by atoms with Crippen LogP contribution in [0.2, 0.25) is 0 Å². The Labute approximate surface area is 175 Å². The second-order valence-corrected chi connectivity index (χ2v) is 9.36. The van der Waals surface area contributed by atoms with Crippen molar-refractivity contribution in [3.8, 4) is 0 Å². The second-order valence-electron chi connectivity index (χ2n) is 9.36. The van der Waals surface area contributed by atoms with E-state index in [0.29, 0.717) is 11.3 Å². The molecule has 0 spiro atoms. The number of carbonyl (C=O) groups is 2. The van der Waals surface area contributed by atoms with Gasteiger partial charge in [0.2, 0.25) is 5.91 Å². The highest BCUT2D eigenvalue weighted by Crippen LogP contribution is 2.70. The molecule has 5 rings (SSSR count). The summed E-state index contributed by atoms with van der Waals surface area (Å²) in [6.07, 6.45) is 1.62. The normalized spacial score (nSPS) is 25.9. The number of rotatable bonds is 3. The minimum atomic E-state index is -0.764. The Bertz CT molecular complexity index is 1230. The summed E-state index contributed by atoms with van der Waals surface area (Å²) in [5.41, 5.74) is 3.32. The number of aromatic nitrogens is 2. The summed E-state index contributed by atoms with van der Waals surface area (Å²) in [4.78, 5) is 35.6. The molecule has 0 unspecified atom stereocenters. The van der Waals surface area contributed by atoms with Gasteiger partial charge in [0.25, 0.3) is 0 Å². The number of anilines is 1. The van der Waals surface area contributed by atoms with Crippen LogP contribution in [0, 0.1) is 5.41 Å². The molecule has 2 aliphatic rings. The molecule has 3 aromatic rings. The molecule has 2 aromatic carbocycles. The van der Waals surface area contributed by atoms with Gasteiger partial charge in [0.15, 0.2) is 5.78 Å². The number of carbonyl (C=O) groups excluding carboxylic acids is 2. The van der Waals surface area contributed by atoms with E-state index in [1.54, 1.807) is 18.2 Å². The first-order chi connectivity index (χ1) is 14.2. The van der Waals surface area contributed by atoms with Crippen LogP contribution in [0.5, 0.6) is 0 Å². The lowest BCUT2D eigenvalue weighted by Gasteiger charge is -2.39. The van der Waals surface area contributed by atoms with Crippen LogP contribution in [0.25, 0.3) is 11.0 Å². The lowest BCUT2D eigenvalue weighted by atomic mass is 9.63. The summed E-state index contributed by atoms with van der Waals surface area (Å²) in [6, 6.07) is 15.0. The number of amides is 1. The van der Waals surface area contributed by atoms with E-state index in [-0.39, 0.29) is 22.5 Å². The smallest absolute Gasteiger partial charge is 0.237 e. The van der Waals surface area contributed by atoms with E-state index in [1.165, 1.54) is 6.92 Å². The molecule has 1 amide bonds. The molecule has 0 radical (unpaired) electrons. The third-order valence-electron chi connectivity index (χ3n) is 7.86. The van der Waals surface area contributed by atoms with E-state index >= 15 is 0 Å². The minimum Gasteiger partial charge on any atom is -0.325 e. The molecule has 152 valence electrons. The van der Waals surface area contributed by atoms with Crippen molar-refractivity contribution in [1.29, 1.82) is 0 Å². The van der Waals surface area contributed by atoms with E-state index in [4.69, 9.17) is 9.97 Å². The minimum absolute atomic E-state index is 0.0263. The fraction of sp³-hybridized carbons (Fsp3) is 0.360. The molecule has 2 aliphatic carbocycles. The monoisotopic (exact) mass is 399 g/mol. The molecule has 5 nitrogen and oxygen atoms in total. The van der Waals surface area contributed by atoms with Crippen molar-refractivity contribution in [1.82, 2.24) is 9.97 Å². The first-order valence-electron chi connectivity index (χ1n) is 10.4. The van der Waals surface area contributed by atoms with E-state index in [9.17, 15) is 9.59 Å². The summed E-state index contributed by atoms with van der Waals surface area (Å²) in [7, 11) is 0. The first kappa shape index (κ1) is 18.9. The van der Waals surface area contributed by atoms with Crippen LogP contribution in [-0.4, -0.2) is 21.7 Å². The van der Waals surface area contributed by atoms with Crippen molar-refractivity contribution < 1.29 is 9.59 Å². The molecule has 30 heavy (non-hydrogen) atoms. The molecule has 5 heteroatoms. The predicted molar refractivity (Wildman–Crippen MR) is 117 cm³/mol. The maximum Gasteiger partial charge on any atom is 0.237 e. The van der Waals surface area contributed by atoms with E-state index in [1.807, 2.05) is 30.3 Å². The Morgan fingerprint density at radius 1 is 0.900 bits per heavy atom. The number of fused-ring (bicyclic) bond motifs is 6. The van der Waals surface area contributed by atoms with Crippen LogP contribution in [0.1, 0.15) is 62.3 Å². The van der Waals surface area contributed by atoms with E-state index in [2.05, 4.69) is 26.1 Å². The van der Waals surface area contributed by atoms with Gasteiger partial charge in [-0.05, 0) is 49.4 Å². The third-order valence-corrected chi connectivity index (χ3v) is 7.86. The highest BCUT2D eigenvalue weighted by Gasteiger charge is 2.73.